The Kier molecular flexibility index (Phi) is 5.61. The summed E-state index contributed by atoms with van der Waals surface area (Å²) in [6.45, 7) is 0. The number of para-hydroxylation sites is 1. The van der Waals surface area contributed by atoms with Gasteiger partial charge in [-0.3, -0.25) is 0 Å². The lowest BCUT2D eigenvalue weighted by atomic mass is 9.87. The van der Waals surface area contributed by atoms with Crippen molar-refractivity contribution in [1.29, 1.82) is 0 Å². The molecule has 0 saturated heterocycles. The molecule has 226 valence electrons. The second kappa shape index (κ2) is 10.2. The van der Waals surface area contributed by atoms with Crippen molar-refractivity contribution in [2.24, 2.45) is 0 Å². The van der Waals surface area contributed by atoms with Gasteiger partial charge < -0.3 is 0 Å². The largest absolute Gasteiger partial charge is 0.247 e. The van der Waals surface area contributed by atoms with E-state index in [2.05, 4.69) is 164 Å². The van der Waals surface area contributed by atoms with Crippen LogP contribution in [0, 0.1) is 0 Å². The number of pyridine rings is 1. The smallest absolute Gasteiger partial charge is 0.0788 e. The molecule has 2 heteroatoms. The van der Waals surface area contributed by atoms with Crippen molar-refractivity contribution in [2.75, 3.05) is 0 Å². The van der Waals surface area contributed by atoms with Crippen molar-refractivity contribution in [1.82, 2.24) is 4.98 Å². The number of aromatic nitrogens is 1. The van der Waals surface area contributed by atoms with Crippen LogP contribution in [-0.4, -0.2) is 4.98 Å². The molecule has 0 fully saturated rings. The normalized spacial score (nSPS) is 12.1. The van der Waals surface area contributed by atoms with Gasteiger partial charge in [0.1, 0.15) is 0 Å². The monoisotopic (exact) mass is 637 g/mol. The van der Waals surface area contributed by atoms with E-state index in [9.17, 15) is 0 Å². The summed E-state index contributed by atoms with van der Waals surface area (Å²) in [6.07, 6.45) is 0. The average Bonchev–Trinajstić information content (AvgIpc) is 3.55. The van der Waals surface area contributed by atoms with Gasteiger partial charge in [-0.2, -0.15) is 0 Å². The van der Waals surface area contributed by atoms with Crippen LogP contribution in [0.5, 0.6) is 0 Å². The van der Waals surface area contributed by atoms with Gasteiger partial charge >= 0.3 is 0 Å². The van der Waals surface area contributed by atoms with Gasteiger partial charge in [-0.05, 0) is 84.5 Å². The molecule has 0 aliphatic heterocycles. The Morgan fingerprint density at radius 2 is 0.959 bits per heavy atom. The van der Waals surface area contributed by atoms with Gasteiger partial charge in [0.15, 0.2) is 0 Å². The summed E-state index contributed by atoms with van der Waals surface area (Å²) < 4.78 is 2.63. The molecule has 0 aliphatic rings. The van der Waals surface area contributed by atoms with Crippen molar-refractivity contribution in [3.05, 3.63) is 164 Å². The standard InChI is InChI=1S/C47H27NS/c1-3-14-32-28(10-1)20-22-34-39(32)27-40-33-15-4-2-11-29(33)21-23-35(40)44(34)30-12-9-13-31(26-30)47-38-24-25-43-46(37-17-6-8-19-42(37)49-43)45(38)36-16-5-7-18-41(36)48-47/h1-27H. The van der Waals surface area contributed by atoms with E-state index >= 15 is 0 Å². The predicted octanol–water partition coefficient (Wildman–Crippen LogP) is 13.7. The molecule has 0 N–H and O–H groups in total. The molecule has 2 aromatic heterocycles. The van der Waals surface area contributed by atoms with Crippen LogP contribution in [0.2, 0.25) is 0 Å². The third-order valence-corrected chi connectivity index (χ3v) is 11.5. The van der Waals surface area contributed by atoms with Crippen molar-refractivity contribution < 1.29 is 0 Å². The van der Waals surface area contributed by atoms with Gasteiger partial charge in [0.05, 0.1) is 11.2 Å². The molecule has 1 nitrogen and oxygen atoms in total. The first-order valence-electron chi connectivity index (χ1n) is 16.8. The number of nitrogens with zero attached hydrogens (tertiary/aromatic N) is 1. The van der Waals surface area contributed by atoms with E-state index in [4.69, 9.17) is 4.98 Å². The lowest BCUT2D eigenvalue weighted by molar-refractivity contribution is 1.43. The van der Waals surface area contributed by atoms with Gasteiger partial charge in [-0.25, -0.2) is 4.98 Å². The van der Waals surface area contributed by atoms with Gasteiger partial charge in [-0.1, -0.05) is 133 Å². The van der Waals surface area contributed by atoms with Crippen molar-refractivity contribution in [2.45, 2.75) is 0 Å². The number of rotatable bonds is 2. The van der Waals surface area contributed by atoms with E-state index in [1.165, 1.54) is 90.5 Å². The Morgan fingerprint density at radius 3 is 1.71 bits per heavy atom. The Labute approximate surface area is 286 Å². The molecule has 0 spiro atoms. The molecular formula is C47H27NS. The second-order valence-electron chi connectivity index (χ2n) is 13.0. The van der Waals surface area contributed by atoms with Crippen LogP contribution in [0.25, 0.3) is 107 Å². The molecule has 0 unspecified atom stereocenters. The minimum Gasteiger partial charge on any atom is -0.247 e. The number of hydrogen-bond acceptors (Lipinski definition) is 2. The van der Waals surface area contributed by atoms with Gasteiger partial charge in [-0.15, -0.1) is 11.3 Å². The fraction of sp³-hybridized carbons (Fsp3) is 0. The SMILES string of the molecule is c1cc(-c2c3ccc4ccccc4c3cc3c2ccc2ccccc23)cc(-c2nc3ccccc3c3c2ccc2sc4ccccc4c23)c1. The minimum absolute atomic E-state index is 1.02. The van der Waals surface area contributed by atoms with E-state index in [1.807, 2.05) is 11.3 Å². The van der Waals surface area contributed by atoms with Crippen LogP contribution < -0.4 is 0 Å². The van der Waals surface area contributed by atoms with Gasteiger partial charge in [0, 0.05) is 41.9 Å². The lowest BCUT2D eigenvalue weighted by Crippen LogP contribution is -1.92. The molecule has 0 bridgehead atoms. The van der Waals surface area contributed by atoms with Crippen LogP contribution in [0.1, 0.15) is 0 Å². The fourth-order valence-electron chi connectivity index (χ4n) is 8.24. The summed E-state index contributed by atoms with van der Waals surface area (Å²) in [5.74, 6) is 0. The van der Waals surface area contributed by atoms with E-state index in [-0.39, 0.29) is 0 Å². The minimum atomic E-state index is 1.02. The Balaban J connectivity index is 1.25. The predicted molar refractivity (Wildman–Crippen MR) is 213 cm³/mol. The number of thiophene rings is 1. The Bertz CT molecular complexity index is 3070. The van der Waals surface area contributed by atoms with Crippen molar-refractivity contribution in [3.8, 4) is 22.4 Å². The zero-order chi connectivity index (χ0) is 32.1. The number of fused-ring (bicyclic) bond motifs is 13. The van der Waals surface area contributed by atoms with E-state index < -0.39 is 0 Å². The highest BCUT2D eigenvalue weighted by Crippen LogP contribution is 2.45. The fourth-order valence-corrected chi connectivity index (χ4v) is 9.35. The summed E-state index contributed by atoms with van der Waals surface area (Å²) in [7, 11) is 0. The topological polar surface area (TPSA) is 12.9 Å². The molecule has 0 radical (unpaired) electrons. The Hall–Kier alpha value is -6.09. The first-order valence-corrected chi connectivity index (χ1v) is 17.6. The van der Waals surface area contributed by atoms with Crippen LogP contribution in [0.15, 0.2) is 164 Å². The van der Waals surface area contributed by atoms with Crippen LogP contribution in [-0.2, 0) is 0 Å². The van der Waals surface area contributed by atoms with Gasteiger partial charge in [0.2, 0.25) is 0 Å². The maximum atomic E-state index is 5.39. The van der Waals surface area contributed by atoms with Crippen molar-refractivity contribution >= 4 is 96.3 Å². The Morgan fingerprint density at radius 1 is 0.347 bits per heavy atom. The molecule has 0 saturated carbocycles. The molecule has 0 atom stereocenters. The summed E-state index contributed by atoms with van der Waals surface area (Å²) in [5.41, 5.74) is 5.63. The summed E-state index contributed by atoms with van der Waals surface area (Å²) in [6, 6.07) is 60.2. The van der Waals surface area contributed by atoms with E-state index in [0.29, 0.717) is 0 Å². The van der Waals surface area contributed by atoms with Crippen LogP contribution in [0.4, 0.5) is 0 Å². The second-order valence-corrected chi connectivity index (χ2v) is 14.1. The average molecular weight is 638 g/mol. The van der Waals surface area contributed by atoms with Gasteiger partial charge in [0.25, 0.3) is 0 Å². The highest BCUT2D eigenvalue weighted by atomic mass is 32.1. The molecule has 2 heterocycles. The maximum absolute atomic E-state index is 5.39. The third-order valence-electron chi connectivity index (χ3n) is 10.4. The van der Waals surface area contributed by atoms with E-state index in [0.717, 1.165) is 16.8 Å². The molecule has 49 heavy (non-hydrogen) atoms. The molecular weight excluding hydrogens is 611 g/mol. The zero-order valence-electron chi connectivity index (χ0n) is 26.4. The number of hydrogen-bond donors (Lipinski definition) is 0. The summed E-state index contributed by atoms with van der Waals surface area (Å²) >= 11 is 1.87. The zero-order valence-corrected chi connectivity index (χ0v) is 27.3. The van der Waals surface area contributed by atoms with E-state index in [1.54, 1.807) is 0 Å². The first kappa shape index (κ1) is 26.9. The molecule has 11 aromatic rings. The molecule has 9 aromatic carbocycles. The summed E-state index contributed by atoms with van der Waals surface area (Å²) in [4.78, 5) is 5.39. The van der Waals surface area contributed by atoms with Crippen LogP contribution in [0.3, 0.4) is 0 Å². The highest BCUT2D eigenvalue weighted by Gasteiger charge is 2.18. The highest BCUT2D eigenvalue weighted by molar-refractivity contribution is 7.26. The molecule has 0 amide bonds. The third kappa shape index (κ3) is 3.90. The maximum Gasteiger partial charge on any atom is 0.0788 e. The molecule has 11 rings (SSSR count). The molecule has 0 aliphatic carbocycles. The lowest BCUT2D eigenvalue weighted by Gasteiger charge is -2.17. The first-order chi connectivity index (χ1) is 24.3. The van der Waals surface area contributed by atoms with Crippen molar-refractivity contribution in [3.63, 3.8) is 0 Å². The summed E-state index contributed by atoms with van der Waals surface area (Å²) in [5, 5.41) is 16.5. The quantitative estimate of drug-likeness (QED) is 0.136. The number of benzene rings is 9. The van der Waals surface area contributed by atoms with Crippen LogP contribution >= 0.6 is 11.3 Å².